The molecule has 0 aliphatic rings. The molecular weight excluding hydrogens is 210 g/mol. The van der Waals surface area contributed by atoms with E-state index in [4.69, 9.17) is 5.73 Å². The van der Waals surface area contributed by atoms with Gasteiger partial charge in [-0.1, -0.05) is 49.4 Å². The molecule has 0 spiro atoms. The highest BCUT2D eigenvalue weighted by molar-refractivity contribution is 5.99. The molecule has 2 nitrogen and oxygen atoms in total. The molecule has 0 saturated carbocycles. The fourth-order valence-electron chi connectivity index (χ4n) is 1.91. The van der Waals surface area contributed by atoms with E-state index in [9.17, 15) is 4.79 Å². The van der Waals surface area contributed by atoms with Crippen LogP contribution in [-0.2, 0) is 6.42 Å². The van der Waals surface area contributed by atoms with Crippen LogP contribution in [0, 0.1) is 0 Å². The van der Waals surface area contributed by atoms with E-state index in [0.29, 0.717) is 5.56 Å². The molecule has 0 unspecified atom stereocenters. The van der Waals surface area contributed by atoms with Crippen LogP contribution in [0.1, 0.15) is 22.8 Å². The average Bonchev–Trinajstić information content (AvgIpc) is 2.39. The van der Waals surface area contributed by atoms with Crippen LogP contribution in [0.25, 0.3) is 11.1 Å². The van der Waals surface area contributed by atoms with E-state index >= 15 is 0 Å². The minimum absolute atomic E-state index is 0.387. The first kappa shape index (κ1) is 11.4. The number of hydrogen-bond donors (Lipinski definition) is 1. The van der Waals surface area contributed by atoms with E-state index in [1.165, 1.54) is 5.56 Å². The number of rotatable bonds is 3. The van der Waals surface area contributed by atoms with Crippen LogP contribution in [0.2, 0.25) is 0 Å². The minimum Gasteiger partial charge on any atom is -0.366 e. The number of benzene rings is 2. The molecule has 0 atom stereocenters. The summed E-state index contributed by atoms with van der Waals surface area (Å²) < 4.78 is 0. The molecule has 2 aromatic rings. The molecule has 2 N–H and O–H groups in total. The summed E-state index contributed by atoms with van der Waals surface area (Å²) in [6.07, 6.45) is 0.979. The molecule has 2 rings (SSSR count). The maximum Gasteiger partial charge on any atom is 0.249 e. The van der Waals surface area contributed by atoms with Crippen LogP contribution in [0.5, 0.6) is 0 Å². The molecular formula is C15H15NO. The van der Waals surface area contributed by atoms with Crippen LogP contribution in [-0.4, -0.2) is 5.91 Å². The predicted molar refractivity (Wildman–Crippen MR) is 69.8 cm³/mol. The maximum absolute atomic E-state index is 11.4. The van der Waals surface area contributed by atoms with Crippen LogP contribution < -0.4 is 5.73 Å². The lowest BCUT2D eigenvalue weighted by Gasteiger charge is -2.08. The molecule has 17 heavy (non-hydrogen) atoms. The third kappa shape index (κ3) is 2.36. The van der Waals surface area contributed by atoms with E-state index in [1.807, 2.05) is 30.3 Å². The lowest BCUT2D eigenvalue weighted by Crippen LogP contribution is -2.12. The number of nitrogens with two attached hydrogens (primary N) is 1. The molecule has 0 aromatic heterocycles. The van der Waals surface area contributed by atoms with Gasteiger partial charge in [0.2, 0.25) is 5.91 Å². The summed E-state index contributed by atoms with van der Waals surface area (Å²) in [7, 11) is 0. The van der Waals surface area contributed by atoms with Crippen LogP contribution >= 0.6 is 0 Å². The number of carbonyl (C=O) groups is 1. The van der Waals surface area contributed by atoms with Crippen molar-refractivity contribution in [1.29, 1.82) is 0 Å². The summed E-state index contributed by atoms with van der Waals surface area (Å²) in [5.41, 5.74) is 9.14. The second-order valence-electron chi connectivity index (χ2n) is 3.96. The van der Waals surface area contributed by atoms with Gasteiger partial charge in [0.1, 0.15) is 0 Å². The highest BCUT2D eigenvalue weighted by atomic mass is 16.1. The van der Waals surface area contributed by atoms with Crippen molar-refractivity contribution in [1.82, 2.24) is 0 Å². The van der Waals surface area contributed by atoms with Crippen LogP contribution in [0.4, 0.5) is 0 Å². The second kappa shape index (κ2) is 4.83. The molecule has 0 heterocycles. The highest BCUT2D eigenvalue weighted by Crippen LogP contribution is 2.24. The van der Waals surface area contributed by atoms with Gasteiger partial charge in [-0.15, -0.1) is 0 Å². The smallest absolute Gasteiger partial charge is 0.249 e. The maximum atomic E-state index is 11.4. The van der Waals surface area contributed by atoms with Crippen molar-refractivity contribution in [3.63, 3.8) is 0 Å². The molecule has 0 bridgehead atoms. The Morgan fingerprint density at radius 2 is 1.88 bits per heavy atom. The number of aryl methyl sites for hydroxylation is 1. The Morgan fingerprint density at radius 3 is 2.59 bits per heavy atom. The van der Waals surface area contributed by atoms with Gasteiger partial charge in [0.15, 0.2) is 0 Å². The SMILES string of the molecule is CCc1cccc(-c2ccccc2C(N)=O)c1. The molecule has 0 fully saturated rings. The molecule has 1 amide bonds. The summed E-state index contributed by atoms with van der Waals surface area (Å²) >= 11 is 0. The van der Waals surface area contributed by atoms with E-state index < -0.39 is 0 Å². The number of primary amides is 1. The zero-order chi connectivity index (χ0) is 12.3. The summed E-state index contributed by atoms with van der Waals surface area (Å²) in [5.74, 6) is -0.387. The highest BCUT2D eigenvalue weighted by Gasteiger charge is 2.08. The Morgan fingerprint density at radius 1 is 1.12 bits per heavy atom. The molecule has 2 aromatic carbocycles. The molecule has 0 aliphatic carbocycles. The normalized spacial score (nSPS) is 10.2. The summed E-state index contributed by atoms with van der Waals surface area (Å²) in [6, 6.07) is 15.6. The van der Waals surface area contributed by atoms with E-state index in [0.717, 1.165) is 17.5 Å². The first-order valence-electron chi connectivity index (χ1n) is 5.70. The van der Waals surface area contributed by atoms with Crippen molar-refractivity contribution in [2.75, 3.05) is 0 Å². The Balaban J connectivity index is 2.56. The van der Waals surface area contributed by atoms with Crippen molar-refractivity contribution >= 4 is 5.91 Å². The van der Waals surface area contributed by atoms with Crippen LogP contribution in [0.3, 0.4) is 0 Å². The van der Waals surface area contributed by atoms with Gasteiger partial charge in [-0.3, -0.25) is 4.79 Å². The van der Waals surface area contributed by atoms with Gasteiger partial charge in [0.05, 0.1) is 0 Å². The Labute approximate surface area is 101 Å². The van der Waals surface area contributed by atoms with Crippen LogP contribution in [0.15, 0.2) is 48.5 Å². The fraction of sp³-hybridized carbons (Fsp3) is 0.133. The lowest BCUT2D eigenvalue weighted by molar-refractivity contribution is 0.100. The molecule has 0 aliphatic heterocycles. The van der Waals surface area contributed by atoms with Gasteiger partial charge in [-0.05, 0) is 29.2 Å². The van der Waals surface area contributed by atoms with Crippen molar-refractivity contribution in [2.45, 2.75) is 13.3 Å². The monoisotopic (exact) mass is 225 g/mol. The van der Waals surface area contributed by atoms with E-state index in [1.54, 1.807) is 6.07 Å². The first-order chi connectivity index (χ1) is 8.22. The molecule has 86 valence electrons. The fourth-order valence-corrected chi connectivity index (χ4v) is 1.91. The molecule has 2 heteroatoms. The average molecular weight is 225 g/mol. The number of carbonyl (C=O) groups excluding carboxylic acids is 1. The molecule has 0 radical (unpaired) electrons. The van der Waals surface area contributed by atoms with Gasteiger partial charge in [0.25, 0.3) is 0 Å². The van der Waals surface area contributed by atoms with E-state index in [2.05, 4.69) is 19.1 Å². The summed E-state index contributed by atoms with van der Waals surface area (Å²) in [5, 5.41) is 0. The van der Waals surface area contributed by atoms with Gasteiger partial charge >= 0.3 is 0 Å². The topological polar surface area (TPSA) is 43.1 Å². The standard InChI is InChI=1S/C15H15NO/c1-2-11-6-5-7-12(10-11)13-8-3-4-9-14(13)15(16)17/h3-10H,2H2,1H3,(H2,16,17). The lowest BCUT2D eigenvalue weighted by atomic mass is 9.97. The quantitative estimate of drug-likeness (QED) is 0.857. The van der Waals surface area contributed by atoms with E-state index in [-0.39, 0.29) is 5.91 Å². The Kier molecular flexibility index (Phi) is 3.24. The van der Waals surface area contributed by atoms with Crippen molar-refractivity contribution in [2.24, 2.45) is 5.73 Å². The zero-order valence-electron chi connectivity index (χ0n) is 9.81. The van der Waals surface area contributed by atoms with Gasteiger partial charge < -0.3 is 5.73 Å². The van der Waals surface area contributed by atoms with Crippen molar-refractivity contribution in [3.8, 4) is 11.1 Å². The Bertz CT molecular complexity index is 546. The molecule has 0 saturated heterocycles. The van der Waals surface area contributed by atoms with Gasteiger partial charge in [-0.25, -0.2) is 0 Å². The largest absolute Gasteiger partial charge is 0.366 e. The van der Waals surface area contributed by atoms with Gasteiger partial charge in [-0.2, -0.15) is 0 Å². The first-order valence-corrected chi connectivity index (χ1v) is 5.70. The van der Waals surface area contributed by atoms with Gasteiger partial charge in [0, 0.05) is 5.56 Å². The summed E-state index contributed by atoms with van der Waals surface area (Å²) in [6.45, 7) is 2.11. The zero-order valence-corrected chi connectivity index (χ0v) is 9.81. The predicted octanol–water partition coefficient (Wildman–Crippen LogP) is 3.01. The number of hydrogen-bond acceptors (Lipinski definition) is 1. The van der Waals surface area contributed by atoms with Crippen molar-refractivity contribution < 1.29 is 4.79 Å². The minimum atomic E-state index is -0.387. The third-order valence-corrected chi connectivity index (χ3v) is 2.84. The summed E-state index contributed by atoms with van der Waals surface area (Å²) in [4.78, 5) is 11.4. The second-order valence-corrected chi connectivity index (χ2v) is 3.96. The van der Waals surface area contributed by atoms with Crippen molar-refractivity contribution in [3.05, 3.63) is 59.7 Å². The number of amides is 1. The third-order valence-electron chi connectivity index (χ3n) is 2.84. The Hall–Kier alpha value is -2.09.